The first-order valence-corrected chi connectivity index (χ1v) is 16.5. The van der Waals surface area contributed by atoms with Crippen molar-refractivity contribution in [2.75, 3.05) is 17.4 Å². The molecule has 44 heavy (non-hydrogen) atoms. The van der Waals surface area contributed by atoms with Crippen LogP contribution in [0.1, 0.15) is 30.0 Å². The van der Waals surface area contributed by atoms with Crippen molar-refractivity contribution < 1.29 is 18.0 Å². The third-order valence-electron chi connectivity index (χ3n) is 7.04. The number of amides is 2. The van der Waals surface area contributed by atoms with Crippen molar-refractivity contribution in [2.24, 2.45) is 0 Å². The summed E-state index contributed by atoms with van der Waals surface area (Å²) in [5.74, 6) is -0.886. The number of carbonyl (C=O) groups excluding carboxylic acids is 2. The molecule has 10 heteroatoms. The number of rotatable bonds is 13. The lowest BCUT2D eigenvalue weighted by atomic mass is 10.0. The summed E-state index contributed by atoms with van der Waals surface area (Å²) < 4.78 is 29.1. The summed E-state index contributed by atoms with van der Waals surface area (Å²) in [7, 11) is -4.26. The number of hydrogen-bond donors (Lipinski definition) is 1. The molecular weight excluding hydrogens is 617 g/mol. The van der Waals surface area contributed by atoms with Crippen LogP contribution < -0.4 is 9.62 Å². The number of sulfonamides is 1. The van der Waals surface area contributed by atoms with E-state index < -0.39 is 28.5 Å². The van der Waals surface area contributed by atoms with E-state index in [1.165, 1.54) is 35.2 Å². The van der Waals surface area contributed by atoms with Crippen LogP contribution >= 0.6 is 23.2 Å². The molecule has 0 bridgehead atoms. The van der Waals surface area contributed by atoms with Gasteiger partial charge in [0.2, 0.25) is 11.8 Å². The summed E-state index contributed by atoms with van der Waals surface area (Å²) in [4.78, 5) is 29.6. The largest absolute Gasteiger partial charge is 0.354 e. The molecule has 4 aromatic carbocycles. The Labute approximate surface area is 269 Å². The molecule has 0 fully saturated rings. The maximum Gasteiger partial charge on any atom is 0.264 e. The van der Waals surface area contributed by atoms with Crippen LogP contribution in [0.15, 0.2) is 108 Å². The maximum atomic E-state index is 14.5. The van der Waals surface area contributed by atoms with Gasteiger partial charge in [-0.15, -0.1) is 0 Å². The van der Waals surface area contributed by atoms with Crippen LogP contribution in [0.4, 0.5) is 5.69 Å². The average molecular weight is 653 g/mol. The normalized spacial score (nSPS) is 11.9. The summed E-state index contributed by atoms with van der Waals surface area (Å²) in [5, 5.41) is 3.33. The van der Waals surface area contributed by atoms with Gasteiger partial charge in [0.15, 0.2) is 0 Å². The van der Waals surface area contributed by atoms with E-state index in [2.05, 4.69) is 5.32 Å². The van der Waals surface area contributed by atoms with Crippen LogP contribution in [0, 0.1) is 6.92 Å². The molecular formula is C34H35Cl2N3O4S. The average Bonchev–Trinajstić information content (AvgIpc) is 3.01. The smallest absolute Gasteiger partial charge is 0.264 e. The van der Waals surface area contributed by atoms with Crippen molar-refractivity contribution in [1.82, 2.24) is 10.2 Å². The second-order valence-electron chi connectivity index (χ2n) is 10.4. The Morgan fingerprint density at radius 3 is 2.14 bits per heavy atom. The van der Waals surface area contributed by atoms with Crippen molar-refractivity contribution in [2.45, 2.75) is 44.2 Å². The number of hydrogen-bond acceptors (Lipinski definition) is 4. The number of anilines is 1. The molecule has 0 spiro atoms. The predicted octanol–water partition coefficient (Wildman–Crippen LogP) is 6.66. The molecule has 0 heterocycles. The second-order valence-corrected chi connectivity index (χ2v) is 13.1. The Bertz CT molecular complexity index is 1690. The topological polar surface area (TPSA) is 86.8 Å². The molecule has 4 rings (SSSR count). The summed E-state index contributed by atoms with van der Waals surface area (Å²) >= 11 is 12.7. The standard InChI is InChI=1S/C34H35Cl2N3O4S/c1-3-19-37-34(41)32(21-26-12-6-4-7-13-26)38(23-27-14-10-11-25(2)20-27)33(40)24-39(31-18-17-28(35)22-30(31)36)44(42,43)29-15-8-5-9-16-29/h4-18,20,22,32H,3,19,21,23-24H2,1-2H3,(H,37,41). The Morgan fingerprint density at radius 2 is 1.50 bits per heavy atom. The van der Waals surface area contributed by atoms with E-state index in [0.717, 1.165) is 21.0 Å². The van der Waals surface area contributed by atoms with Gasteiger partial charge in [-0.25, -0.2) is 8.42 Å². The Kier molecular flexibility index (Phi) is 11.4. The quantitative estimate of drug-likeness (QED) is 0.175. The van der Waals surface area contributed by atoms with Gasteiger partial charge < -0.3 is 10.2 Å². The van der Waals surface area contributed by atoms with E-state index in [4.69, 9.17) is 23.2 Å². The zero-order valence-electron chi connectivity index (χ0n) is 24.6. The number of nitrogens with zero attached hydrogens (tertiary/aromatic N) is 2. The first-order valence-electron chi connectivity index (χ1n) is 14.3. The molecule has 1 N–H and O–H groups in total. The second kappa shape index (κ2) is 15.2. The number of halogens is 2. The summed E-state index contributed by atoms with van der Waals surface area (Å²) in [6.45, 7) is 3.82. The summed E-state index contributed by atoms with van der Waals surface area (Å²) in [5.41, 5.74) is 2.76. The van der Waals surface area contributed by atoms with Crippen LogP contribution in [-0.4, -0.2) is 44.3 Å². The number of nitrogens with one attached hydrogen (secondary N) is 1. The van der Waals surface area contributed by atoms with E-state index in [1.807, 2.05) is 68.4 Å². The van der Waals surface area contributed by atoms with Gasteiger partial charge in [0.1, 0.15) is 12.6 Å². The highest BCUT2D eigenvalue weighted by Crippen LogP contribution is 2.33. The van der Waals surface area contributed by atoms with E-state index in [0.29, 0.717) is 18.0 Å². The molecule has 0 aliphatic heterocycles. The van der Waals surface area contributed by atoms with Crippen molar-refractivity contribution in [3.8, 4) is 0 Å². The first kappa shape index (κ1) is 33.1. The van der Waals surface area contributed by atoms with E-state index in [-0.39, 0.29) is 34.5 Å². The minimum Gasteiger partial charge on any atom is -0.354 e. The van der Waals surface area contributed by atoms with Crippen molar-refractivity contribution in [3.05, 3.63) is 130 Å². The molecule has 0 saturated heterocycles. The van der Waals surface area contributed by atoms with Gasteiger partial charge in [-0.3, -0.25) is 13.9 Å². The molecule has 4 aromatic rings. The lowest BCUT2D eigenvalue weighted by Crippen LogP contribution is -2.53. The van der Waals surface area contributed by atoms with Gasteiger partial charge in [0.25, 0.3) is 10.0 Å². The van der Waals surface area contributed by atoms with Gasteiger partial charge in [-0.2, -0.15) is 0 Å². The molecule has 0 aromatic heterocycles. The number of aryl methyl sites for hydroxylation is 1. The zero-order chi connectivity index (χ0) is 31.7. The fourth-order valence-corrected chi connectivity index (χ4v) is 6.86. The Morgan fingerprint density at radius 1 is 0.841 bits per heavy atom. The molecule has 0 saturated carbocycles. The van der Waals surface area contributed by atoms with Crippen molar-refractivity contribution >= 4 is 50.7 Å². The third-order valence-corrected chi connectivity index (χ3v) is 9.36. The number of benzene rings is 4. The lowest BCUT2D eigenvalue weighted by molar-refractivity contribution is -0.140. The minimum atomic E-state index is -4.26. The van der Waals surface area contributed by atoms with Crippen LogP contribution in [0.3, 0.4) is 0 Å². The first-order chi connectivity index (χ1) is 21.1. The number of carbonyl (C=O) groups is 2. The molecule has 7 nitrogen and oxygen atoms in total. The molecule has 0 aliphatic rings. The van der Waals surface area contributed by atoms with Crippen LogP contribution in [-0.2, 0) is 32.6 Å². The molecule has 0 aliphatic carbocycles. The van der Waals surface area contributed by atoms with E-state index in [9.17, 15) is 18.0 Å². The third kappa shape index (κ3) is 8.40. The van der Waals surface area contributed by atoms with Crippen LogP contribution in [0.5, 0.6) is 0 Å². The van der Waals surface area contributed by atoms with Crippen LogP contribution in [0.2, 0.25) is 10.0 Å². The van der Waals surface area contributed by atoms with Gasteiger partial charge >= 0.3 is 0 Å². The molecule has 0 radical (unpaired) electrons. The van der Waals surface area contributed by atoms with Crippen molar-refractivity contribution in [3.63, 3.8) is 0 Å². The summed E-state index contributed by atoms with van der Waals surface area (Å²) in [6, 6.07) is 28.4. The molecule has 1 atom stereocenters. The zero-order valence-corrected chi connectivity index (χ0v) is 26.9. The molecule has 230 valence electrons. The SMILES string of the molecule is CCCNC(=O)C(Cc1ccccc1)N(Cc1cccc(C)c1)C(=O)CN(c1ccc(Cl)cc1Cl)S(=O)(=O)c1ccccc1. The Hall–Kier alpha value is -3.85. The highest BCUT2D eigenvalue weighted by molar-refractivity contribution is 7.92. The monoisotopic (exact) mass is 651 g/mol. The lowest BCUT2D eigenvalue weighted by Gasteiger charge is -2.34. The maximum absolute atomic E-state index is 14.5. The van der Waals surface area contributed by atoms with Gasteiger partial charge in [-0.1, -0.05) is 108 Å². The van der Waals surface area contributed by atoms with Gasteiger partial charge in [0.05, 0.1) is 15.6 Å². The van der Waals surface area contributed by atoms with E-state index >= 15 is 0 Å². The highest BCUT2D eigenvalue weighted by atomic mass is 35.5. The molecule has 2 amide bonds. The van der Waals surface area contributed by atoms with Crippen LogP contribution in [0.25, 0.3) is 0 Å². The highest BCUT2D eigenvalue weighted by Gasteiger charge is 2.35. The predicted molar refractivity (Wildman–Crippen MR) is 176 cm³/mol. The minimum absolute atomic E-state index is 0.00873. The summed E-state index contributed by atoms with van der Waals surface area (Å²) in [6.07, 6.45) is 0.953. The fraction of sp³-hybridized carbons (Fsp3) is 0.235. The fourth-order valence-electron chi connectivity index (χ4n) is 4.84. The molecule has 1 unspecified atom stereocenters. The van der Waals surface area contributed by atoms with Gasteiger partial charge in [-0.05, 0) is 54.8 Å². The Balaban J connectivity index is 1.81. The van der Waals surface area contributed by atoms with Gasteiger partial charge in [0, 0.05) is 24.5 Å². The van der Waals surface area contributed by atoms with E-state index in [1.54, 1.807) is 18.2 Å². The van der Waals surface area contributed by atoms with Crippen molar-refractivity contribution in [1.29, 1.82) is 0 Å².